The van der Waals surface area contributed by atoms with Gasteiger partial charge in [0.05, 0.1) is 0 Å². The van der Waals surface area contributed by atoms with E-state index >= 15 is 0 Å². The average molecular weight is 342 g/mol. The summed E-state index contributed by atoms with van der Waals surface area (Å²) in [4.78, 5) is 15.7. The number of pyridine rings is 1. The molecule has 0 saturated carbocycles. The molecule has 8 heteroatoms. The van der Waals surface area contributed by atoms with Crippen LogP contribution in [0.15, 0.2) is 36.5 Å². The first-order valence-electron chi connectivity index (χ1n) is 6.98. The molecule has 0 fully saturated rings. The third kappa shape index (κ3) is 2.95. The lowest BCUT2D eigenvalue weighted by molar-refractivity contribution is -0.186. The summed E-state index contributed by atoms with van der Waals surface area (Å²) in [7, 11) is 0. The molecule has 0 spiro atoms. The van der Waals surface area contributed by atoms with Gasteiger partial charge in [-0.3, -0.25) is 9.78 Å². The quantitative estimate of drug-likeness (QED) is 0.770. The Morgan fingerprint density at radius 3 is 2.50 bits per heavy atom. The number of amides is 1. The highest BCUT2D eigenvalue weighted by Gasteiger charge is 2.44. The molecule has 3 rings (SSSR count). The summed E-state index contributed by atoms with van der Waals surface area (Å²) < 4.78 is 63.7. The van der Waals surface area contributed by atoms with Gasteiger partial charge in [-0.2, -0.15) is 13.2 Å². The van der Waals surface area contributed by atoms with Gasteiger partial charge < -0.3 is 4.90 Å². The van der Waals surface area contributed by atoms with Crippen LogP contribution in [-0.4, -0.2) is 22.0 Å². The number of fused-ring (bicyclic) bond motifs is 1. The van der Waals surface area contributed by atoms with Gasteiger partial charge in [-0.05, 0) is 28.8 Å². The zero-order valence-corrected chi connectivity index (χ0v) is 12.1. The Kier molecular flexibility index (Phi) is 3.98. The molecule has 2 aromatic rings. The van der Waals surface area contributed by atoms with Gasteiger partial charge in [-0.15, -0.1) is 0 Å². The zero-order valence-electron chi connectivity index (χ0n) is 12.1. The minimum Gasteiger partial charge on any atom is -0.326 e. The highest BCUT2D eigenvalue weighted by Crippen LogP contribution is 2.34. The fraction of sp³-hybridized carbons (Fsp3) is 0.250. The van der Waals surface area contributed by atoms with Crippen LogP contribution >= 0.6 is 0 Å². The maximum Gasteiger partial charge on any atom is 0.471 e. The van der Waals surface area contributed by atoms with Crippen molar-refractivity contribution in [1.82, 2.24) is 9.88 Å². The van der Waals surface area contributed by atoms with Crippen molar-refractivity contribution in [3.05, 3.63) is 53.3 Å². The monoisotopic (exact) mass is 342 g/mol. The molecule has 0 unspecified atom stereocenters. The minimum atomic E-state index is -4.93. The second-order valence-electron chi connectivity index (χ2n) is 5.38. The normalized spacial score (nSPS) is 14.2. The van der Waals surface area contributed by atoms with Gasteiger partial charge in [0, 0.05) is 24.8 Å². The smallest absolute Gasteiger partial charge is 0.326 e. The van der Waals surface area contributed by atoms with Crippen molar-refractivity contribution < 1.29 is 26.7 Å². The van der Waals surface area contributed by atoms with Crippen LogP contribution in [0.5, 0.6) is 0 Å². The second-order valence-corrected chi connectivity index (χ2v) is 5.38. The minimum absolute atomic E-state index is 0.150. The third-order valence-electron chi connectivity index (χ3n) is 3.81. The van der Waals surface area contributed by atoms with Crippen molar-refractivity contribution in [2.45, 2.75) is 25.7 Å². The van der Waals surface area contributed by atoms with Crippen molar-refractivity contribution in [3.8, 4) is 11.1 Å². The summed E-state index contributed by atoms with van der Waals surface area (Å²) >= 11 is 0. The highest BCUT2D eigenvalue weighted by atomic mass is 19.4. The Hall–Kier alpha value is -2.51. The summed E-state index contributed by atoms with van der Waals surface area (Å²) in [5.41, 5.74) is 1.33. The number of carbonyl (C=O) groups is 1. The van der Waals surface area contributed by atoms with Crippen LogP contribution in [0.2, 0.25) is 0 Å². The van der Waals surface area contributed by atoms with Gasteiger partial charge >= 0.3 is 12.1 Å². The van der Waals surface area contributed by atoms with Crippen molar-refractivity contribution in [2.24, 2.45) is 0 Å². The molecule has 0 radical (unpaired) electrons. The first-order valence-corrected chi connectivity index (χ1v) is 6.98. The Morgan fingerprint density at radius 1 is 1.12 bits per heavy atom. The number of halogens is 5. The summed E-state index contributed by atoms with van der Waals surface area (Å²) in [5.74, 6) is -1.91. The highest BCUT2D eigenvalue weighted by molar-refractivity contribution is 5.82. The molecule has 1 aliphatic rings. The number of alkyl halides is 5. The molecule has 2 heterocycles. The van der Waals surface area contributed by atoms with E-state index in [4.69, 9.17) is 0 Å². The molecule has 126 valence electrons. The zero-order chi connectivity index (χ0) is 17.5. The van der Waals surface area contributed by atoms with E-state index in [9.17, 15) is 26.7 Å². The molecule has 3 nitrogen and oxygen atoms in total. The number of rotatable bonds is 2. The molecule has 0 N–H and O–H groups in total. The lowest BCUT2D eigenvalue weighted by atomic mass is 9.99. The molecular formula is C16H11F5N2O. The molecular weight excluding hydrogens is 331 g/mol. The Labute approximate surface area is 133 Å². The number of aromatic nitrogens is 1. The van der Waals surface area contributed by atoms with E-state index in [0.717, 1.165) is 0 Å². The number of hydrogen-bond donors (Lipinski definition) is 0. The predicted octanol–water partition coefficient (Wildman–Crippen LogP) is 4.09. The van der Waals surface area contributed by atoms with Crippen LogP contribution in [0.3, 0.4) is 0 Å². The van der Waals surface area contributed by atoms with Gasteiger partial charge in [-0.1, -0.05) is 18.2 Å². The van der Waals surface area contributed by atoms with E-state index in [1.165, 1.54) is 24.4 Å². The Morgan fingerprint density at radius 2 is 1.83 bits per heavy atom. The van der Waals surface area contributed by atoms with Crippen LogP contribution in [0, 0.1) is 0 Å². The summed E-state index contributed by atoms with van der Waals surface area (Å²) in [6, 6.07) is 7.61. The van der Waals surface area contributed by atoms with Gasteiger partial charge in [-0.25, -0.2) is 8.78 Å². The van der Waals surface area contributed by atoms with E-state index in [0.29, 0.717) is 21.6 Å². The van der Waals surface area contributed by atoms with E-state index in [-0.39, 0.29) is 18.7 Å². The van der Waals surface area contributed by atoms with Crippen LogP contribution in [0.25, 0.3) is 11.1 Å². The van der Waals surface area contributed by atoms with Gasteiger partial charge in [0.2, 0.25) is 0 Å². The van der Waals surface area contributed by atoms with E-state index in [1.807, 2.05) is 0 Å². The van der Waals surface area contributed by atoms with E-state index < -0.39 is 24.2 Å². The molecule has 0 atom stereocenters. The topological polar surface area (TPSA) is 33.2 Å². The third-order valence-corrected chi connectivity index (χ3v) is 3.81. The maximum absolute atomic E-state index is 13.0. The molecule has 24 heavy (non-hydrogen) atoms. The molecule has 1 aromatic heterocycles. The lowest BCUT2D eigenvalue weighted by Crippen LogP contribution is -2.37. The summed E-state index contributed by atoms with van der Waals surface area (Å²) in [5, 5.41) is 0. The first-order chi connectivity index (χ1) is 11.3. The first kappa shape index (κ1) is 16.4. The van der Waals surface area contributed by atoms with Crippen LogP contribution in [0.1, 0.15) is 23.2 Å². The second kappa shape index (κ2) is 5.85. The molecule has 0 bridgehead atoms. The molecule has 1 aromatic carbocycles. The molecule has 0 saturated heterocycles. The number of hydrogen-bond acceptors (Lipinski definition) is 2. The maximum atomic E-state index is 13.0. The number of nitrogens with zero attached hydrogens (tertiary/aromatic N) is 2. The molecule has 0 aliphatic carbocycles. The Bertz CT molecular complexity index is 788. The molecule has 1 amide bonds. The van der Waals surface area contributed by atoms with Gasteiger partial charge in [0.1, 0.15) is 5.69 Å². The largest absolute Gasteiger partial charge is 0.471 e. The lowest BCUT2D eigenvalue weighted by Gasteiger charge is -2.16. The standard InChI is InChI=1S/C16H11F5N2O/c17-14(18)13-12(2-1-5-22-13)9-3-4-10-7-23(8-11(10)6-9)15(24)16(19,20)21/h1-6,14H,7-8H2. The van der Waals surface area contributed by atoms with Gasteiger partial charge in [0.25, 0.3) is 6.43 Å². The van der Waals surface area contributed by atoms with Crippen molar-refractivity contribution >= 4 is 5.91 Å². The fourth-order valence-corrected chi connectivity index (χ4v) is 2.72. The Balaban J connectivity index is 1.92. The van der Waals surface area contributed by atoms with Crippen LogP contribution in [-0.2, 0) is 17.9 Å². The average Bonchev–Trinajstić information content (AvgIpc) is 2.96. The van der Waals surface area contributed by atoms with Crippen molar-refractivity contribution in [3.63, 3.8) is 0 Å². The molecule has 1 aliphatic heterocycles. The van der Waals surface area contributed by atoms with Crippen molar-refractivity contribution in [1.29, 1.82) is 0 Å². The fourth-order valence-electron chi connectivity index (χ4n) is 2.72. The summed E-state index contributed by atoms with van der Waals surface area (Å²) in [6.45, 7) is -0.353. The SMILES string of the molecule is O=C(N1Cc2ccc(-c3cccnc3C(F)F)cc2C1)C(F)(F)F. The number of carbonyl (C=O) groups excluding carboxylic acids is 1. The number of benzene rings is 1. The van der Waals surface area contributed by atoms with E-state index in [1.54, 1.807) is 12.1 Å². The van der Waals surface area contributed by atoms with Crippen molar-refractivity contribution in [2.75, 3.05) is 0 Å². The van der Waals surface area contributed by atoms with Crippen LogP contribution in [0.4, 0.5) is 22.0 Å². The van der Waals surface area contributed by atoms with E-state index in [2.05, 4.69) is 4.98 Å². The van der Waals surface area contributed by atoms with Gasteiger partial charge in [0.15, 0.2) is 0 Å². The van der Waals surface area contributed by atoms with Crippen LogP contribution < -0.4 is 0 Å². The predicted molar refractivity (Wildman–Crippen MR) is 74.9 cm³/mol. The summed E-state index contributed by atoms with van der Waals surface area (Å²) in [6.07, 6.45) is -6.45.